The molecule has 1 heterocycles. The normalized spacial score (nSPS) is 10.3. The van der Waals surface area contributed by atoms with Crippen molar-refractivity contribution in [2.24, 2.45) is 0 Å². The summed E-state index contributed by atoms with van der Waals surface area (Å²) in [5.74, 6) is 0.0125. The maximum absolute atomic E-state index is 13.1. The highest BCUT2D eigenvalue weighted by Gasteiger charge is 2.05. The average molecular weight is 264 g/mol. The van der Waals surface area contributed by atoms with Crippen LogP contribution in [0.3, 0.4) is 0 Å². The van der Waals surface area contributed by atoms with E-state index in [4.69, 9.17) is 0 Å². The van der Waals surface area contributed by atoms with Gasteiger partial charge in [-0.2, -0.15) is 0 Å². The molecular formula is C13H14F2N4. The summed E-state index contributed by atoms with van der Waals surface area (Å²) in [4.78, 5) is 8.39. The molecule has 6 heteroatoms. The number of nitrogens with one attached hydrogen (secondary N) is 2. The van der Waals surface area contributed by atoms with Crippen LogP contribution >= 0.6 is 0 Å². The first-order chi connectivity index (χ1) is 9.08. The van der Waals surface area contributed by atoms with Crippen LogP contribution in [0.15, 0.2) is 24.3 Å². The van der Waals surface area contributed by atoms with Gasteiger partial charge in [0.15, 0.2) is 11.6 Å². The maximum Gasteiger partial charge on any atom is 0.160 e. The van der Waals surface area contributed by atoms with Crippen molar-refractivity contribution in [3.63, 3.8) is 0 Å². The highest BCUT2D eigenvalue weighted by Crippen LogP contribution is 2.19. The van der Waals surface area contributed by atoms with Crippen LogP contribution in [0.2, 0.25) is 0 Å². The second kappa shape index (κ2) is 5.60. The van der Waals surface area contributed by atoms with E-state index in [1.807, 2.05) is 6.92 Å². The zero-order chi connectivity index (χ0) is 13.8. The number of halogens is 2. The fourth-order valence-corrected chi connectivity index (χ4v) is 1.63. The van der Waals surface area contributed by atoms with Crippen LogP contribution in [0, 0.1) is 18.6 Å². The number of hydrogen-bond donors (Lipinski definition) is 2. The second-order valence-electron chi connectivity index (χ2n) is 3.97. The molecule has 0 fully saturated rings. The first-order valence-electron chi connectivity index (χ1n) is 5.90. The molecule has 1 aromatic carbocycles. The molecule has 0 unspecified atom stereocenters. The van der Waals surface area contributed by atoms with E-state index in [2.05, 4.69) is 20.6 Å². The van der Waals surface area contributed by atoms with Crippen molar-refractivity contribution in [3.05, 3.63) is 41.7 Å². The standard InChI is InChI=1S/C13H14F2N4/c1-3-16-12-7-13(18-8(2)17-12)19-9-4-5-10(14)11(15)6-9/h4-7H,3H2,1-2H3,(H2,16,17,18,19). The Kier molecular flexibility index (Phi) is 3.89. The first kappa shape index (κ1) is 13.2. The highest BCUT2D eigenvalue weighted by atomic mass is 19.2. The molecule has 2 aromatic rings. The van der Waals surface area contributed by atoms with Crippen LogP contribution in [0.1, 0.15) is 12.7 Å². The van der Waals surface area contributed by atoms with Crippen LogP contribution in [-0.4, -0.2) is 16.5 Å². The molecule has 19 heavy (non-hydrogen) atoms. The molecule has 0 aliphatic heterocycles. The van der Waals surface area contributed by atoms with Gasteiger partial charge in [0.05, 0.1) is 0 Å². The van der Waals surface area contributed by atoms with Gasteiger partial charge < -0.3 is 10.6 Å². The van der Waals surface area contributed by atoms with E-state index in [9.17, 15) is 8.78 Å². The lowest BCUT2D eigenvalue weighted by Crippen LogP contribution is -2.04. The van der Waals surface area contributed by atoms with E-state index < -0.39 is 11.6 Å². The lowest BCUT2D eigenvalue weighted by atomic mass is 10.3. The summed E-state index contributed by atoms with van der Waals surface area (Å²) < 4.78 is 25.9. The Labute approximate surface area is 109 Å². The van der Waals surface area contributed by atoms with Gasteiger partial charge in [-0.15, -0.1) is 0 Å². The third kappa shape index (κ3) is 3.37. The number of nitrogens with zero attached hydrogens (tertiary/aromatic N) is 2. The number of benzene rings is 1. The van der Waals surface area contributed by atoms with Crippen molar-refractivity contribution in [1.82, 2.24) is 9.97 Å². The molecule has 4 nitrogen and oxygen atoms in total. The molecule has 0 aliphatic rings. The number of hydrogen-bond acceptors (Lipinski definition) is 4. The fraction of sp³-hybridized carbons (Fsp3) is 0.231. The summed E-state index contributed by atoms with van der Waals surface area (Å²) in [6.45, 7) is 4.46. The van der Waals surface area contributed by atoms with Gasteiger partial charge in [-0.1, -0.05) is 0 Å². The van der Waals surface area contributed by atoms with Gasteiger partial charge >= 0.3 is 0 Å². The number of anilines is 3. The largest absolute Gasteiger partial charge is 0.370 e. The number of aryl methyl sites for hydroxylation is 1. The van der Waals surface area contributed by atoms with Gasteiger partial charge in [0.1, 0.15) is 17.5 Å². The SMILES string of the molecule is CCNc1cc(Nc2ccc(F)c(F)c2)nc(C)n1. The summed E-state index contributed by atoms with van der Waals surface area (Å²) in [7, 11) is 0. The van der Waals surface area contributed by atoms with Gasteiger partial charge in [-0.3, -0.25) is 0 Å². The van der Waals surface area contributed by atoms with Crippen molar-refractivity contribution >= 4 is 17.3 Å². The van der Waals surface area contributed by atoms with E-state index in [1.165, 1.54) is 6.07 Å². The minimum atomic E-state index is -0.900. The van der Waals surface area contributed by atoms with Crippen molar-refractivity contribution in [2.75, 3.05) is 17.2 Å². The quantitative estimate of drug-likeness (QED) is 0.890. The molecule has 100 valence electrons. The Morgan fingerprint density at radius 3 is 2.47 bits per heavy atom. The van der Waals surface area contributed by atoms with Gasteiger partial charge in [0.25, 0.3) is 0 Å². The zero-order valence-electron chi connectivity index (χ0n) is 10.7. The van der Waals surface area contributed by atoms with Crippen LogP contribution < -0.4 is 10.6 Å². The summed E-state index contributed by atoms with van der Waals surface area (Å²) in [6, 6.07) is 5.30. The average Bonchev–Trinajstić information content (AvgIpc) is 2.33. The summed E-state index contributed by atoms with van der Waals surface area (Å²) >= 11 is 0. The van der Waals surface area contributed by atoms with Crippen molar-refractivity contribution < 1.29 is 8.78 Å². The van der Waals surface area contributed by atoms with Crippen LogP contribution in [0.4, 0.5) is 26.1 Å². The molecule has 0 atom stereocenters. The molecule has 1 aromatic heterocycles. The summed E-state index contributed by atoms with van der Waals surface area (Å²) in [5, 5.41) is 5.98. The predicted molar refractivity (Wildman–Crippen MR) is 70.6 cm³/mol. The Hall–Kier alpha value is -2.24. The van der Waals surface area contributed by atoms with Crippen molar-refractivity contribution in [1.29, 1.82) is 0 Å². The molecule has 0 saturated carbocycles. The molecule has 0 radical (unpaired) electrons. The molecular weight excluding hydrogens is 250 g/mol. The molecule has 0 amide bonds. The number of rotatable bonds is 4. The predicted octanol–water partition coefficient (Wildman–Crippen LogP) is 3.24. The molecule has 2 rings (SSSR count). The van der Waals surface area contributed by atoms with E-state index >= 15 is 0 Å². The minimum absolute atomic E-state index is 0.430. The minimum Gasteiger partial charge on any atom is -0.370 e. The van der Waals surface area contributed by atoms with Crippen molar-refractivity contribution in [2.45, 2.75) is 13.8 Å². The fourth-order valence-electron chi connectivity index (χ4n) is 1.63. The van der Waals surface area contributed by atoms with Crippen LogP contribution in [0.25, 0.3) is 0 Å². The van der Waals surface area contributed by atoms with Crippen LogP contribution in [-0.2, 0) is 0 Å². The van der Waals surface area contributed by atoms with Gasteiger partial charge in [0, 0.05) is 24.4 Å². The highest BCUT2D eigenvalue weighted by molar-refractivity contribution is 5.59. The van der Waals surface area contributed by atoms with Gasteiger partial charge in [-0.25, -0.2) is 18.7 Å². The second-order valence-corrected chi connectivity index (χ2v) is 3.97. The summed E-state index contributed by atoms with van der Waals surface area (Å²) in [6.07, 6.45) is 0. The van der Waals surface area contributed by atoms with E-state index in [1.54, 1.807) is 13.0 Å². The zero-order valence-corrected chi connectivity index (χ0v) is 10.7. The Morgan fingerprint density at radius 2 is 1.79 bits per heavy atom. The smallest absolute Gasteiger partial charge is 0.160 e. The Bertz CT molecular complexity index is 587. The topological polar surface area (TPSA) is 49.8 Å². The van der Waals surface area contributed by atoms with E-state index in [-0.39, 0.29) is 0 Å². The number of aromatic nitrogens is 2. The maximum atomic E-state index is 13.1. The van der Waals surface area contributed by atoms with Gasteiger partial charge in [0.2, 0.25) is 0 Å². The molecule has 0 bridgehead atoms. The van der Waals surface area contributed by atoms with Gasteiger partial charge in [-0.05, 0) is 26.0 Å². The molecule has 0 spiro atoms. The van der Waals surface area contributed by atoms with Crippen molar-refractivity contribution in [3.8, 4) is 0 Å². The summed E-state index contributed by atoms with van der Waals surface area (Å²) in [5.41, 5.74) is 0.430. The monoisotopic (exact) mass is 264 g/mol. The van der Waals surface area contributed by atoms with E-state index in [0.29, 0.717) is 23.1 Å². The lowest BCUT2D eigenvalue weighted by Gasteiger charge is -2.09. The third-order valence-electron chi connectivity index (χ3n) is 2.39. The molecule has 2 N–H and O–H groups in total. The Balaban J connectivity index is 2.24. The lowest BCUT2D eigenvalue weighted by molar-refractivity contribution is 0.509. The third-order valence-corrected chi connectivity index (χ3v) is 2.39. The molecule has 0 aliphatic carbocycles. The Morgan fingerprint density at radius 1 is 1.05 bits per heavy atom. The van der Waals surface area contributed by atoms with Crippen LogP contribution in [0.5, 0.6) is 0 Å². The first-order valence-corrected chi connectivity index (χ1v) is 5.90. The van der Waals surface area contributed by atoms with E-state index in [0.717, 1.165) is 18.7 Å². The molecule has 0 saturated heterocycles.